The summed E-state index contributed by atoms with van der Waals surface area (Å²) < 4.78 is 5.85. The predicted molar refractivity (Wildman–Crippen MR) is 66.2 cm³/mol. The summed E-state index contributed by atoms with van der Waals surface area (Å²) in [5.41, 5.74) is 0.284. The maximum absolute atomic E-state index is 9.14. The molecule has 1 atom stereocenters. The fourth-order valence-electron chi connectivity index (χ4n) is 1.32. The van der Waals surface area contributed by atoms with Crippen molar-refractivity contribution in [1.29, 1.82) is 0 Å². The topological polar surface area (TPSA) is 29.5 Å². The maximum atomic E-state index is 9.14. The summed E-state index contributed by atoms with van der Waals surface area (Å²) >= 11 is 0. The summed E-state index contributed by atoms with van der Waals surface area (Å²) in [4.78, 5) is 0. The van der Waals surface area contributed by atoms with E-state index in [0.717, 1.165) is 12.2 Å². The number of aromatic hydroxyl groups is 1. The highest BCUT2D eigenvalue weighted by Crippen LogP contribution is 2.18. The molecule has 1 rings (SSSR count). The van der Waals surface area contributed by atoms with Crippen molar-refractivity contribution < 1.29 is 9.84 Å². The molecule has 15 heavy (non-hydrogen) atoms. The average Bonchev–Trinajstić information content (AvgIpc) is 2.20. The van der Waals surface area contributed by atoms with Gasteiger partial charge in [-0.05, 0) is 30.7 Å². The van der Waals surface area contributed by atoms with Crippen LogP contribution in [0, 0.1) is 0 Å². The Balaban J connectivity index is 2.65. The zero-order valence-corrected chi connectivity index (χ0v) is 10.5. The van der Waals surface area contributed by atoms with E-state index >= 15 is 0 Å². The van der Waals surface area contributed by atoms with Gasteiger partial charge in [0.15, 0.2) is 0 Å². The van der Waals surface area contributed by atoms with Crippen LogP contribution in [0.15, 0.2) is 36.9 Å². The van der Waals surface area contributed by atoms with E-state index < -0.39 is 8.80 Å². The van der Waals surface area contributed by atoms with Gasteiger partial charge in [-0.2, -0.15) is 0 Å². The lowest BCUT2D eigenvalue weighted by atomic mass is 10.3. The molecular formula is C12H18O2Si. The van der Waals surface area contributed by atoms with Crippen LogP contribution < -0.4 is 4.74 Å². The Kier molecular flexibility index (Phi) is 4.43. The fourth-order valence-corrected chi connectivity index (χ4v) is 2.49. The van der Waals surface area contributed by atoms with Gasteiger partial charge in [0.2, 0.25) is 0 Å². The molecule has 0 aliphatic rings. The number of phenolic OH excluding ortho intramolecular Hbond substituents is 1. The average molecular weight is 222 g/mol. The summed E-state index contributed by atoms with van der Waals surface area (Å²) in [6.07, 6.45) is 2.79. The molecule has 0 saturated heterocycles. The molecule has 3 heteroatoms. The number of benzene rings is 1. The first-order chi connectivity index (χ1) is 7.13. The molecule has 1 aromatic rings. The van der Waals surface area contributed by atoms with Gasteiger partial charge in [0.05, 0.1) is 14.5 Å². The van der Waals surface area contributed by atoms with Gasteiger partial charge in [-0.1, -0.05) is 19.2 Å². The molecule has 0 bridgehead atoms. The number of phenols is 1. The molecule has 0 heterocycles. The molecular weight excluding hydrogens is 204 g/mol. The minimum Gasteiger partial charge on any atom is -0.508 e. The minimum absolute atomic E-state index is 0.268. The predicted octanol–water partition coefficient (Wildman–Crippen LogP) is 2.74. The number of ether oxygens (including phenoxy) is 1. The van der Waals surface area contributed by atoms with Gasteiger partial charge >= 0.3 is 0 Å². The second-order valence-corrected chi connectivity index (χ2v) is 7.15. The Labute approximate surface area is 92.8 Å². The van der Waals surface area contributed by atoms with Gasteiger partial charge in [-0.15, -0.1) is 6.58 Å². The first-order valence-corrected chi connectivity index (χ1v) is 8.17. The number of rotatable bonds is 5. The van der Waals surface area contributed by atoms with Crippen molar-refractivity contribution in [3.05, 3.63) is 36.9 Å². The summed E-state index contributed by atoms with van der Waals surface area (Å²) in [7, 11) is -0.841. The first-order valence-electron chi connectivity index (χ1n) is 5.20. The third-order valence-electron chi connectivity index (χ3n) is 2.27. The molecule has 0 aliphatic carbocycles. The van der Waals surface area contributed by atoms with Crippen LogP contribution in [0.1, 0.15) is 6.42 Å². The van der Waals surface area contributed by atoms with Crippen LogP contribution in [0.2, 0.25) is 13.1 Å². The van der Waals surface area contributed by atoms with Crippen molar-refractivity contribution in [3.8, 4) is 11.5 Å². The van der Waals surface area contributed by atoms with Gasteiger partial charge in [0.1, 0.15) is 11.5 Å². The highest BCUT2D eigenvalue weighted by atomic mass is 28.3. The van der Waals surface area contributed by atoms with E-state index in [2.05, 4.69) is 19.7 Å². The largest absolute Gasteiger partial charge is 0.508 e. The van der Waals surface area contributed by atoms with Crippen molar-refractivity contribution in [2.45, 2.75) is 25.2 Å². The minimum atomic E-state index is -0.841. The van der Waals surface area contributed by atoms with Gasteiger partial charge < -0.3 is 9.84 Å². The Hall–Kier alpha value is -1.22. The normalized spacial score (nSPS) is 12.5. The molecule has 82 valence electrons. The summed E-state index contributed by atoms with van der Waals surface area (Å²) in [5.74, 6) is 1.09. The second kappa shape index (κ2) is 5.61. The Morgan fingerprint density at radius 1 is 1.40 bits per heavy atom. The van der Waals surface area contributed by atoms with Gasteiger partial charge in [-0.25, -0.2) is 0 Å². The van der Waals surface area contributed by atoms with Gasteiger partial charge in [-0.3, -0.25) is 0 Å². The molecule has 0 radical (unpaired) electrons. The lowest BCUT2D eigenvalue weighted by molar-refractivity contribution is 0.277. The molecule has 1 unspecified atom stereocenters. The van der Waals surface area contributed by atoms with Crippen LogP contribution >= 0.6 is 0 Å². The fraction of sp³-hybridized carbons (Fsp3) is 0.333. The van der Waals surface area contributed by atoms with E-state index in [0.29, 0.717) is 0 Å². The zero-order valence-electron chi connectivity index (χ0n) is 9.31. The van der Waals surface area contributed by atoms with E-state index in [-0.39, 0.29) is 11.5 Å². The molecule has 0 aromatic heterocycles. The summed E-state index contributed by atoms with van der Waals surface area (Å²) in [6, 6.07) is 6.87. The van der Waals surface area contributed by atoms with Crippen LogP contribution in [0.4, 0.5) is 0 Å². The third kappa shape index (κ3) is 3.79. The van der Waals surface area contributed by atoms with E-state index in [1.54, 1.807) is 24.3 Å². The van der Waals surface area contributed by atoms with Crippen molar-refractivity contribution in [1.82, 2.24) is 0 Å². The van der Waals surface area contributed by atoms with Crippen molar-refractivity contribution in [2.75, 3.05) is 0 Å². The molecule has 2 nitrogen and oxygen atoms in total. The van der Waals surface area contributed by atoms with Gasteiger partial charge in [0.25, 0.3) is 0 Å². The molecule has 0 spiro atoms. The molecule has 0 amide bonds. The number of hydrogen-bond acceptors (Lipinski definition) is 2. The van der Waals surface area contributed by atoms with Crippen LogP contribution in [-0.4, -0.2) is 19.6 Å². The quantitative estimate of drug-likeness (QED) is 0.613. The lowest BCUT2D eigenvalue weighted by Gasteiger charge is -2.20. The smallest absolute Gasteiger partial charge is 0.119 e. The van der Waals surface area contributed by atoms with Gasteiger partial charge in [0, 0.05) is 0 Å². The van der Waals surface area contributed by atoms with Crippen LogP contribution in [0.3, 0.4) is 0 Å². The van der Waals surface area contributed by atoms with Crippen molar-refractivity contribution in [3.63, 3.8) is 0 Å². The lowest BCUT2D eigenvalue weighted by Crippen LogP contribution is -2.30. The van der Waals surface area contributed by atoms with E-state index in [1.807, 2.05) is 6.08 Å². The summed E-state index contributed by atoms with van der Waals surface area (Å²) in [6.45, 7) is 8.26. The van der Waals surface area contributed by atoms with Crippen LogP contribution in [-0.2, 0) is 0 Å². The SMILES string of the molecule is C=CCC(Oc1ccc(O)cc1)[SiH](C)C. The van der Waals surface area contributed by atoms with E-state index in [4.69, 9.17) is 9.84 Å². The second-order valence-electron chi connectivity index (χ2n) is 3.92. The molecule has 1 aromatic carbocycles. The molecule has 0 saturated carbocycles. The Morgan fingerprint density at radius 3 is 2.47 bits per heavy atom. The molecule has 1 N–H and O–H groups in total. The van der Waals surface area contributed by atoms with E-state index in [1.165, 1.54) is 0 Å². The van der Waals surface area contributed by atoms with Crippen molar-refractivity contribution in [2.24, 2.45) is 0 Å². The number of hydrogen-bond donors (Lipinski definition) is 1. The van der Waals surface area contributed by atoms with Crippen LogP contribution in [0.5, 0.6) is 11.5 Å². The maximum Gasteiger partial charge on any atom is 0.119 e. The van der Waals surface area contributed by atoms with Crippen molar-refractivity contribution >= 4 is 8.80 Å². The molecule has 0 fully saturated rings. The third-order valence-corrected chi connectivity index (χ3v) is 4.16. The monoisotopic (exact) mass is 222 g/mol. The highest BCUT2D eigenvalue weighted by Gasteiger charge is 2.14. The molecule has 0 aliphatic heterocycles. The standard InChI is InChI=1S/C12H18O2Si/c1-4-5-12(15(2)3)14-11-8-6-10(13)7-9-11/h4,6-9,12-13,15H,1,5H2,2-3H3. The zero-order chi connectivity index (χ0) is 11.3. The summed E-state index contributed by atoms with van der Waals surface area (Å²) in [5, 5.41) is 9.14. The first kappa shape index (κ1) is 11.8. The Morgan fingerprint density at radius 2 is 2.00 bits per heavy atom. The highest BCUT2D eigenvalue weighted by molar-refractivity contribution is 6.57. The van der Waals surface area contributed by atoms with Crippen LogP contribution in [0.25, 0.3) is 0 Å². The van der Waals surface area contributed by atoms with E-state index in [9.17, 15) is 0 Å². The Bertz CT molecular complexity index is 306.